The summed E-state index contributed by atoms with van der Waals surface area (Å²) in [7, 11) is 2.35. The molecule has 0 amide bonds. The maximum atomic E-state index is 13.4. The molecular weight excluding hydrogens is 454 g/mol. The van der Waals surface area contributed by atoms with Gasteiger partial charge in [0.2, 0.25) is 0 Å². The molecule has 2 heterocycles. The van der Waals surface area contributed by atoms with E-state index in [-0.39, 0.29) is 17.8 Å². The third-order valence-corrected chi connectivity index (χ3v) is 5.89. The fourth-order valence-corrected chi connectivity index (χ4v) is 4.36. The van der Waals surface area contributed by atoms with Crippen molar-refractivity contribution in [3.8, 4) is 0 Å². The van der Waals surface area contributed by atoms with Crippen molar-refractivity contribution in [1.82, 2.24) is 5.32 Å². The first-order chi connectivity index (χ1) is 16.8. The summed E-state index contributed by atoms with van der Waals surface area (Å²) < 4.78 is 20.6. The predicted molar refractivity (Wildman–Crippen MR) is 126 cm³/mol. The molecule has 3 aromatic rings. The molecule has 4 rings (SSSR count). The van der Waals surface area contributed by atoms with E-state index in [0.717, 1.165) is 10.8 Å². The number of benzene rings is 2. The van der Waals surface area contributed by atoms with Crippen LogP contribution in [0.1, 0.15) is 19.4 Å². The topological polar surface area (TPSA) is 121 Å². The molecule has 9 nitrogen and oxygen atoms in total. The Morgan fingerprint density at radius 2 is 1.57 bits per heavy atom. The van der Waals surface area contributed by atoms with Gasteiger partial charge in [-0.2, -0.15) is 0 Å². The molecule has 35 heavy (non-hydrogen) atoms. The van der Waals surface area contributed by atoms with Crippen molar-refractivity contribution in [2.24, 2.45) is 5.92 Å². The van der Waals surface area contributed by atoms with E-state index in [1.807, 2.05) is 30.3 Å². The minimum absolute atomic E-state index is 0.0635. The Morgan fingerprint density at radius 3 is 2.20 bits per heavy atom. The Bertz CT molecular complexity index is 1460. The molecule has 0 radical (unpaired) electrons. The van der Waals surface area contributed by atoms with Gasteiger partial charge in [0.05, 0.1) is 25.4 Å². The number of carbonyl (C=O) groups excluding carboxylic acids is 3. The van der Waals surface area contributed by atoms with Crippen LogP contribution in [-0.2, 0) is 35.2 Å². The van der Waals surface area contributed by atoms with Crippen LogP contribution in [0.3, 0.4) is 0 Å². The van der Waals surface area contributed by atoms with Gasteiger partial charge in [0.1, 0.15) is 18.1 Å². The van der Waals surface area contributed by atoms with Crippen LogP contribution in [0.2, 0.25) is 0 Å². The minimum Gasteiger partial charge on any atom is -0.466 e. The van der Waals surface area contributed by atoms with Crippen LogP contribution < -0.4 is 10.9 Å². The van der Waals surface area contributed by atoms with Crippen molar-refractivity contribution in [2.75, 3.05) is 14.2 Å². The number of rotatable bonds is 5. The molecule has 0 aliphatic carbocycles. The van der Waals surface area contributed by atoms with E-state index in [0.29, 0.717) is 27.9 Å². The summed E-state index contributed by atoms with van der Waals surface area (Å²) in [6, 6.07) is 12.3. The van der Waals surface area contributed by atoms with Gasteiger partial charge in [-0.25, -0.2) is 14.4 Å². The number of nitrogens with one attached hydrogen (secondary N) is 1. The molecule has 0 fully saturated rings. The van der Waals surface area contributed by atoms with Crippen molar-refractivity contribution >= 4 is 39.6 Å². The van der Waals surface area contributed by atoms with Gasteiger partial charge in [0.25, 0.3) is 0 Å². The van der Waals surface area contributed by atoms with E-state index in [2.05, 4.69) is 5.32 Å². The molecule has 180 valence electrons. The quantitative estimate of drug-likeness (QED) is 0.256. The van der Waals surface area contributed by atoms with Crippen LogP contribution in [0.15, 0.2) is 74.2 Å². The molecular formula is C26H23NO8. The fraction of sp³-hybridized carbons (Fsp3) is 0.231. The Labute approximate surface area is 199 Å². The Balaban J connectivity index is 1.76. The average molecular weight is 477 g/mol. The van der Waals surface area contributed by atoms with E-state index in [4.69, 9.17) is 18.6 Å². The lowest BCUT2D eigenvalue weighted by Gasteiger charge is -2.28. The maximum absolute atomic E-state index is 13.4. The van der Waals surface area contributed by atoms with Crippen LogP contribution in [-0.4, -0.2) is 32.1 Å². The Morgan fingerprint density at radius 1 is 0.943 bits per heavy atom. The van der Waals surface area contributed by atoms with Gasteiger partial charge in [-0.3, -0.25) is 4.79 Å². The second kappa shape index (κ2) is 9.46. The number of methoxy groups -OCH3 is 2. The lowest BCUT2D eigenvalue weighted by molar-refractivity contribution is -0.152. The molecule has 0 saturated carbocycles. The SMILES string of the molecule is COC(=O)C1=C(C)NC(C)=C(C(=O)OC)C1C(=O)OCc1cc(=O)oc2ccc3ccccc3c12. The number of hydrogen-bond acceptors (Lipinski definition) is 9. The van der Waals surface area contributed by atoms with E-state index < -0.39 is 29.5 Å². The lowest BCUT2D eigenvalue weighted by Crippen LogP contribution is -2.37. The highest BCUT2D eigenvalue weighted by molar-refractivity contribution is 6.07. The third kappa shape index (κ3) is 4.28. The van der Waals surface area contributed by atoms with Gasteiger partial charge in [0, 0.05) is 28.4 Å². The standard InChI is InChI=1S/C26H23NO8/c1-13-20(24(29)32-3)23(21(14(2)27-13)25(30)33-4)26(31)34-12-16-11-19(28)35-18-10-9-15-7-5-6-8-17(15)22(16)18/h5-11,23,27H,12H2,1-4H3. The summed E-state index contributed by atoms with van der Waals surface area (Å²) in [5, 5.41) is 5.27. The van der Waals surface area contributed by atoms with Crippen LogP contribution >= 0.6 is 0 Å². The zero-order chi connectivity index (χ0) is 25.3. The average Bonchev–Trinajstić information content (AvgIpc) is 2.85. The van der Waals surface area contributed by atoms with Crippen molar-refractivity contribution in [1.29, 1.82) is 0 Å². The summed E-state index contributed by atoms with van der Waals surface area (Å²) in [6.07, 6.45) is 0. The van der Waals surface area contributed by atoms with E-state index in [1.165, 1.54) is 20.3 Å². The van der Waals surface area contributed by atoms with Gasteiger partial charge >= 0.3 is 23.5 Å². The van der Waals surface area contributed by atoms with Crippen molar-refractivity contribution < 1.29 is 33.0 Å². The normalized spacial score (nSPS) is 14.2. The third-order valence-electron chi connectivity index (χ3n) is 5.89. The summed E-state index contributed by atoms with van der Waals surface area (Å²) in [5.41, 5.74) is 0.744. The molecule has 1 aliphatic rings. The number of esters is 3. The predicted octanol–water partition coefficient (Wildman–Crippen LogP) is 3.10. The second-order valence-electron chi connectivity index (χ2n) is 7.98. The highest BCUT2D eigenvalue weighted by atomic mass is 16.5. The fourth-order valence-electron chi connectivity index (χ4n) is 4.36. The second-order valence-corrected chi connectivity index (χ2v) is 7.98. The molecule has 1 N–H and O–H groups in total. The smallest absolute Gasteiger partial charge is 0.336 e. The van der Waals surface area contributed by atoms with Crippen LogP contribution in [0.5, 0.6) is 0 Å². The Hall–Kier alpha value is -4.40. The number of carbonyl (C=O) groups is 3. The first-order valence-corrected chi connectivity index (χ1v) is 10.7. The first kappa shape index (κ1) is 23.7. The lowest BCUT2D eigenvalue weighted by atomic mass is 9.85. The van der Waals surface area contributed by atoms with E-state index in [9.17, 15) is 19.2 Å². The summed E-state index contributed by atoms with van der Waals surface area (Å²) in [5.74, 6) is -3.82. The molecule has 0 bridgehead atoms. The van der Waals surface area contributed by atoms with E-state index >= 15 is 0 Å². The molecule has 0 saturated heterocycles. The molecule has 0 atom stereocenters. The molecule has 1 aliphatic heterocycles. The van der Waals surface area contributed by atoms with Crippen LogP contribution in [0.25, 0.3) is 21.7 Å². The van der Waals surface area contributed by atoms with Gasteiger partial charge in [-0.1, -0.05) is 30.3 Å². The van der Waals surface area contributed by atoms with Gasteiger partial charge in [-0.15, -0.1) is 0 Å². The first-order valence-electron chi connectivity index (χ1n) is 10.7. The van der Waals surface area contributed by atoms with Gasteiger partial charge in [-0.05, 0) is 30.7 Å². The molecule has 2 aromatic carbocycles. The molecule has 9 heteroatoms. The number of dihydropyridines is 1. The molecule has 0 unspecified atom stereocenters. The number of allylic oxidation sites excluding steroid dienone is 2. The van der Waals surface area contributed by atoms with Crippen molar-refractivity contribution in [2.45, 2.75) is 20.5 Å². The maximum Gasteiger partial charge on any atom is 0.336 e. The highest BCUT2D eigenvalue weighted by Gasteiger charge is 2.42. The number of ether oxygens (including phenoxy) is 3. The minimum atomic E-state index is -1.38. The highest BCUT2D eigenvalue weighted by Crippen LogP contribution is 2.33. The van der Waals surface area contributed by atoms with Gasteiger partial charge < -0.3 is 23.9 Å². The Kier molecular flexibility index (Phi) is 6.42. The summed E-state index contributed by atoms with van der Waals surface area (Å²) >= 11 is 0. The molecule has 0 spiro atoms. The zero-order valence-corrected chi connectivity index (χ0v) is 19.6. The van der Waals surface area contributed by atoms with Crippen LogP contribution in [0, 0.1) is 5.92 Å². The summed E-state index contributed by atoms with van der Waals surface area (Å²) in [4.78, 5) is 50.6. The van der Waals surface area contributed by atoms with Gasteiger partial charge in [0.15, 0.2) is 0 Å². The monoisotopic (exact) mass is 477 g/mol. The number of hydrogen-bond donors (Lipinski definition) is 1. The zero-order valence-electron chi connectivity index (χ0n) is 19.6. The molecule has 1 aromatic heterocycles. The summed E-state index contributed by atoms with van der Waals surface area (Å²) in [6.45, 7) is 2.89. The van der Waals surface area contributed by atoms with E-state index in [1.54, 1.807) is 19.9 Å². The van der Waals surface area contributed by atoms with Crippen molar-refractivity contribution in [3.05, 3.63) is 81.0 Å². The largest absolute Gasteiger partial charge is 0.466 e. The van der Waals surface area contributed by atoms with Crippen LogP contribution in [0.4, 0.5) is 0 Å². The van der Waals surface area contributed by atoms with Crippen molar-refractivity contribution in [3.63, 3.8) is 0 Å². The number of fused-ring (bicyclic) bond motifs is 3.